The van der Waals surface area contributed by atoms with Crippen molar-refractivity contribution in [3.63, 3.8) is 0 Å². The van der Waals surface area contributed by atoms with E-state index in [-0.39, 0.29) is 18.1 Å². The van der Waals surface area contributed by atoms with E-state index in [1.54, 1.807) is 6.33 Å². The number of carbonyl (C=O) groups excluding carboxylic acids is 1. The maximum atomic E-state index is 12.7. The summed E-state index contributed by atoms with van der Waals surface area (Å²) in [5, 5.41) is 27.7. The van der Waals surface area contributed by atoms with Crippen LogP contribution in [0.2, 0.25) is 0 Å². The number of nitrogens with zero attached hydrogens (tertiary/aromatic N) is 7. The minimum absolute atomic E-state index is 0.0840. The molecule has 0 unspecified atom stereocenters. The highest BCUT2D eigenvalue weighted by atomic mass is 16.3. The first-order valence-corrected chi connectivity index (χ1v) is 12.8. The molecule has 3 aromatic heterocycles. The zero-order valence-corrected chi connectivity index (χ0v) is 20.4. The van der Waals surface area contributed by atoms with E-state index in [1.165, 1.54) is 0 Å². The summed E-state index contributed by atoms with van der Waals surface area (Å²) in [6, 6.07) is 4.21. The molecule has 1 saturated heterocycles. The van der Waals surface area contributed by atoms with Gasteiger partial charge in [-0.2, -0.15) is 10.4 Å². The van der Waals surface area contributed by atoms with Crippen LogP contribution in [0.15, 0.2) is 31.0 Å². The lowest BCUT2D eigenvalue weighted by molar-refractivity contribution is 0.0886. The van der Waals surface area contributed by atoms with Crippen LogP contribution in [0, 0.1) is 11.3 Å². The molecule has 11 heteroatoms. The van der Waals surface area contributed by atoms with Crippen LogP contribution in [0.25, 0.3) is 22.3 Å². The van der Waals surface area contributed by atoms with Crippen LogP contribution in [0.1, 0.15) is 38.5 Å². The predicted molar refractivity (Wildman–Crippen MR) is 134 cm³/mol. The zero-order chi connectivity index (χ0) is 24.9. The monoisotopic (exact) mass is 491 g/mol. The fourth-order valence-corrected chi connectivity index (χ4v) is 5.36. The number of hydrogen-bond acceptors (Lipinski definition) is 7. The number of rotatable bonds is 8. The number of urea groups is 1. The van der Waals surface area contributed by atoms with Gasteiger partial charge in [-0.3, -0.25) is 9.58 Å². The van der Waals surface area contributed by atoms with E-state index >= 15 is 0 Å². The Bertz CT molecular complexity index is 1210. The number of piperazine rings is 1. The van der Waals surface area contributed by atoms with E-state index in [1.807, 2.05) is 34.2 Å². The van der Waals surface area contributed by atoms with Gasteiger partial charge in [0.05, 0.1) is 36.7 Å². The van der Waals surface area contributed by atoms with Gasteiger partial charge in [0.1, 0.15) is 12.0 Å². The van der Waals surface area contributed by atoms with Gasteiger partial charge in [-0.1, -0.05) is 0 Å². The van der Waals surface area contributed by atoms with Crippen molar-refractivity contribution >= 4 is 17.1 Å². The van der Waals surface area contributed by atoms with Crippen molar-refractivity contribution in [3.8, 4) is 17.3 Å². The summed E-state index contributed by atoms with van der Waals surface area (Å²) in [5.74, 6) is 0. The third-order valence-corrected chi connectivity index (χ3v) is 7.39. The summed E-state index contributed by atoms with van der Waals surface area (Å²) in [6.07, 6.45) is 11.6. The Hall–Kier alpha value is -3.49. The van der Waals surface area contributed by atoms with Gasteiger partial charge in [0.2, 0.25) is 0 Å². The molecule has 1 aliphatic carbocycles. The van der Waals surface area contributed by atoms with Gasteiger partial charge in [0.15, 0.2) is 0 Å². The Morgan fingerprint density at radius 3 is 2.92 bits per heavy atom. The van der Waals surface area contributed by atoms with Crippen LogP contribution in [0.3, 0.4) is 0 Å². The number of fused-ring (bicyclic) bond motifs is 1. The molecule has 2 aliphatic rings. The normalized spacial score (nSPS) is 21.5. The number of hydrogen-bond donors (Lipinski definition) is 3. The van der Waals surface area contributed by atoms with Crippen molar-refractivity contribution in [3.05, 3.63) is 31.0 Å². The summed E-state index contributed by atoms with van der Waals surface area (Å²) in [4.78, 5) is 28.8. The number of nitriles is 1. The summed E-state index contributed by atoms with van der Waals surface area (Å²) in [7, 11) is 0. The van der Waals surface area contributed by atoms with Crippen molar-refractivity contribution in [1.29, 1.82) is 5.26 Å². The molecule has 190 valence electrons. The molecule has 3 aromatic rings. The standard InChI is InChI=1S/C25H33N9O2/c26-8-2-1-4-19(32-10-12-33(13-11-32)25(36)31-21-5-3-6-22(21)35)16-34-15-18(14-30-34)23-20-7-9-27-24(20)29-17-28-23/h7,9,14-15,17,19,21-22,35H,1-6,10-13,16H2,(H,31,36)(H,27,28,29)/t19-,21-,22+/m0/s1. The first-order valence-electron chi connectivity index (χ1n) is 12.8. The van der Waals surface area contributed by atoms with Crippen LogP contribution in [-0.2, 0) is 6.54 Å². The highest BCUT2D eigenvalue weighted by Gasteiger charge is 2.31. The number of amides is 2. The van der Waals surface area contributed by atoms with E-state index in [0.29, 0.717) is 26.1 Å². The lowest BCUT2D eigenvalue weighted by atomic mass is 10.1. The van der Waals surface area contributed by atoms with Gasteiger partial charge in [0, 0.05) is 62.0 Å². The van der Waals surface area contributed by atoms with Crippen LogP contribution in [0.4, 0.5) is 4.79 Å². The van der Waals surface area contributed by atoms with Crippen LogP contribution in [0.5, 0.6) is 0 Å². The molecule has 0 bridgehead atoms. The fraction of sp³-hybridized carbons (Fsp3) is 0.560. The molecule has 4 heterocycles. The van der Waals surface area contributed by atoms with Crippen molar-refractivity contribution in [1.82, 2.24) is 39.8 Å². The Labute approximate surface area is 210 Å². The molecular weight excluding hydrogens is 458 g/mol. The van der Waals surface area contributed by atoms with Crippen molar-refractivity contribution < 1.29 is 9.90 Å². The lowest BCUT2D eigenvalue weighted by Gasteiger charge is -2.39. The number of nitrogens with one attached hydrogen (secondary N) is 2. The first kappa shape index (κ1) is 24.2. The van der Waals surface area contributed by atoms with Gasteiger partial charge in [-0.05, 0) is 38.2 Å². The largest absolute Gasteiger partial charge is 0.391 e. The summed E-state index contributed by atoms with van der Waals surface area (Å²) in [5.41, 5.74) is 2.58. The Kier molecular flexibility index (Phi) is 7.44. The molecule has 1 saturated carbocycles. The molecule has 3 N–H and O–H groups in total. The van der Waals surface area contributed by atoms with E-state index in [9.17, 15) is 9.90 Å². The fourth-order valence-electron chi connectivity index (χ4n) is 5.36. The quantitative estimate of drug-likeness (QED) is 0.410. The van der Waals surface area contributed by atoms with Crippen LogP contribution >= 0.6 is 0 Å². The van der Waals surface area contributed by atoms with Gasteiger partial charge in [-0.15, -0.1) is 0 Å². The van der Waals surface area contributed by atoms with Crippen molar-refractivity contribution in [2.75, 3.05) is 26.2 Å². The average molecular weight is 492 g/mol. The lowest BCUT2D eigenvalue weighted by Crippen LogP contribution is -2.56. The summed E-state index contributed by atoms with van der Waals surface area (Å²) >= 11 is 0. The molecule has 2 fully saturated rings. The van der Waals surface area contributed by atoms with Gasteiger partial charge >= 0.3 is 6.03 Å². The highest BCUT2D eigenvalue weighted by Crippen LogP contribution is 2.25. The number of carbonyl (C=O) groups is 1. The minimum Gasteiger partial charge on any atom is -0.391 e. The van der Waals surface area contributed by atoms with Gasteiger partial charge in [0.25, 0.3) is 0 Å². The Morgan fingerprint density at radius 2 is 2.14 bits per heavy atom. The summed E-state index contributed by atoms with van der Waals surface area (Å²) < 4.78 is 1.95. The molecule has 1 aliphatic heterocycles. The second-order valence-corrected chi connectivity index (χ2v) is 9.69. The molecule has 36 heavy (non-hydrogen) atoms. The van der Waals surface area contributed by atoms with E-state index in [2.05, 4.69) is 36.3 Å². The maximum absolute atomic E-state index is 12.7. The molecule has 5 rings (SSSR count). The second kappa shape index (κ2) is 11.1. The number of aliphatic hydroxyl groups excluding tert-OH is 1. The molecule has 3 atom stereocenters. The summed E-state index contributed by atoms with van der Waals surface area (Å²) in [6.45, 7) is 3.51. The third-order valence-electron chi connectivity index (χ3n) is 7.39. The number of aliphatic hydroxyl groups is 1. The van der Waals surface area contributed by atoms with Gasteiger partial charge in [-0.25, -0.2) is 14.8 Å². The molecule has 0 radical (unpaired) electrons. The van der Waals surface area contributed by atoms with E-state index in [0.717, 1.165) is 67.5 Å². The zero-order valence-electron chi connectivity index (χ0n) is 20.4. The van der Waals surface area contributed by atoms with Crippen molar-refractivity contribution in [2.24, 2.45) is 0 Å². The smallest absolute Gasteiger partial charge is 0.317 e. The second-order valence-electron chi connectivity index (χ2n) is 9.69. The van der Waals surface area contributed by atoms with Crippen LogP contribution < -0.4 is 5.32 Å². The predicted octanol–water partition coefficient (Wildman–Crippen LogP) is 2.12. The highest BCUT2D eigenvalue weighted by molar-refractivity contribution is 5.89. The Balaban J connectivity index is 1.22. The van der Waals surface area contributed by atoms with Gasteiger partial charge < -0.3 is 20.3 Å². The van der Waals surface area contributed by atoms with E-state index in [4.69, 9.17) is 5.26 Å². The molecule has 0 spiro atoms. The number of unbranched alkanes of at least 4 members (excludes halogenated alkanes) is 1. The number of aromatic amines is 1. The molecule has 2 amide bonds. The molecule has 0 aromatic carbocycles. The SMILES string of the molecule is N#CCCC[C@@H](Cn1cc(-c2ncnc3[nH]ccc23)cn1)N1CCN(C(=O)N[C@H]2CCC[C@H]2O)CC1. The average Bonchev–Trinajstić information content (AvgIpc) is 3.65. The molecular formula is C25H33N9O2. The third kappa shape index (κ3) is 5.34. The topological polar surface area (TPSA) is 139 Å². The number of aromatic nitrogens is 5. The number of H-pyrrole nitrogens is 1. The van der Waals surface area contributed by atoms with Crippen molar-refractivity contribution in [2.45, 2.75) is 63.3 Å². The molecule has 11 nitrogen and oxygen atoms in total. The van der Waals surface area contributed by atoms with Crippen LogP contribution in [-0.4, -0.2) is 90.0 Å². The maximum Gasteiger partial charge on any atom is 0.317 e. The van der Waals surface area contributed by atoms with E-state index < -0.39 is 6.10 Å². The first-order chi connectivity index (χ1) is 17.6. The Morgan fingerprint density at radius 1 is 1.28 bits per heavy atom. The minimum atomic E-state index is -0.436.